The third-order valence-corrected chi connectivity index (χ3v) is 4.56. The second-order valence-corrected chi connectivity index (χ2v) is 6.85. The lowest BCUT2D eigenvalue weighted by Gasteiger charge is -2.31. The highest BCUT2D eigenvalue weighted by molar-refractivity contribution is 5.66. The largest absolute Gasteiger partial charge is 0.356 e. The number of nitrogens with one attached hydrogen (secondary N) is 1. The summed E-state index contributed by atoms with van der Waals surface area (Å²) in [6.07, 6.45) is 4.22. The summed E-state index contributed by atoms with van der Waals surface area (Å²) in [6, 6.07) is 6.46. The monoisotopic (exact) mass is 310 g/mol. The van der Waals surface area contributed by atoms with Crippen LogP contribution >= 0.6 is 0 Å². The third-order valence-electron chi connectivity index (χ3n) is 4.56. The number of rotatable bonds is 3. The fourth-order valence-electron chi connectivity index (χ4n) is 3.49. The lowest BCUT2D eigenvalue weighted by molar-refractivity contribution is 0.444. The van der Waals surface area contributed by atoms with Gasteiger partial charge in [-0.1, -0.05) is 24.6 Å². The summed E-state index contributed by atoms with van der Waals surface area (Å²) in [6.45, 7) is 10.9. The Bertz CT molecular complexity index is 673. The molecule has 0 aliphatic carbocycles. The average Bonchev–Trinajstić information content (AvgIpc) is 2.51. The first-order valence-corrected chi connectivity index (χ1v) is 8.45. The Morgan fingerprint density at radius 2 is 1.83 bits per heavy atom. The van der Waals surface area contributed by atoms with Crippen LogP contribution in [0.5, 0.6) is 0 Å². The molecule has 1 aliphatic heterocycles. The van der Waals surface area contributed by atoms with Gasteiger partial charge in [0.05, 0.1) is 0 Å². The molecule has 2 heterocycles. The van der Waals surface area contributed by atoms with Gasteiger partial charge in [0.25, 0.3) is 0 Å². The van der Waals surface area contributed by atoms with E-state index in [0.29, 0.717) is 0 Å². The summed E-state index contributed by atoms with van der Waals surface area (Å²) in [5, 5.41) is 3.48. The molecule has 2 aromatic rings. The highest BCUT2D eigenvalue weighted by Crippen LogP contribution is 2.27. The molecular weight excluding hydrogens is 284 g/mol. The minimum Gasteiger partial charge on any atom is -0.356 e. The third kappa shape index (κ3) is 3.63. The molecule has 3 rings (SSSR count). The molecule has 4 nitrogen and oxygen atoms in total. The number of benzene rings is 1. The van der Waals surface area contributed by atoms with Crippen molar-refractivity contribution in [2.45, 2.75) is 40.5 Å². The SMILES string of the molecule is Cc1cc(C)c(Nc2cc(N3CCCC(C)C3)ncn2)c(C)c1. The van der Waals surface area contributed by atoms with E-state index in [4.69, 9.17) is 0 Å². The molecule has 1 aromatic heterocycles. The fraction of sp³-hybridized carbons (Fsp3) is 0.474. The molecule has 122 valence electrons. The van der Waals surface area contributed by atoms with Gasteiger partial charge in [0, 0.05) is 24.8 Å². The highest BCUT2D eigenvalue weighted by Gasteiger charge is 2.18. The number of anilines is 3. The molecule has 1 aliphatic rings. The predicted octanol–water partition coefficient (Wildman–Crippen LogP) is 4.38. The zero-order valence-corrected chi connectivity index (χ0v) is 14.6. The molecule has 1 atom stereocenters. The van der Waals surface area contributed by atoms with Crippen LogP contribution in [0.4, 0.5) is 17.3 Å². The Balaban J connectivity index is 1.83. The van der Waals surface area contributed by atoms with Gasteiger partial charge in [-0.15, -0.1) is 0 Å². The first-order valence-electron chi connectivity index (χ1n) is 8.45. The van der Waals surface area contributed by atoms with E-state index < -0.39 is 0 Å². The molecule has 1 aromatic carbocycles. The summed E-state index contributed by atoms with van der Waals surface area (Å²) in [5.41, 5.74) is 4.92. The maximum absolute atomic E-state index is 4.47. The quantitative estimate of drug-likeness (QED) is 0.913. The van der Waals surface area contributed by atoms with Crippen LogP contribution in [0, 0.1) is 26.7 Å². The molecule has 23 heavy (non-hydrogen) atoms. The summed E-state index contributed by atoms with van der Waals surface area (Å²) in [5.74, 6) is 2.62. The van der Waals surface area contributed by atoms with Crippen LogP contribution < -0.4 is 10.2 Å². The van der Waals surface area contributed by atoms with E-state index in [0.717, 1.165) is 36.3 Å². The van der Waals surface area contributed by atoms with E-state index in [1.807, 2.05) is 0 Å². The van der Waals surface area contributed by atoms with E-state index in [1.165, 1.54) is 29.5 Å². The van der Waals surface area contributed by atoms with E-state index in [9.17, 15) is 0 Å². The van der Waals surface area contributed by atoms with E-state index in [1.54, 1.807) is 6.33 Å². The predicted molar refractivity (Wildman–Crippen MR) is 96.6 cm³/mol. The molecule has 1 N–H and O–H groups in total. The first kappa shape index (κ1) is 15.8. The van der Waals surface area contributed by atoms with Gasteiger partial charge in [-0.2, -0.15) is 0 Å². The van der Waals surface area contributed by atoms with Crippen molar-refractivity contribution in [1.82, 2.24) is 9.97 Å². The number of aromatic nitrogens is 2. The van der Waals surface area contributed by atoms with Crippen LogP contribution in [-0.2, 0) is 0 Å². The summed E-state index contributed by atoms with van der Waals surface area (Å²) in [4.78, 5) is 11.2. The van der Waals surface area contributed by atoms with Gasteiger partial charge in [0.2, 0.25) is 0 Å². The molecule has 1 saturated heterocycles. The zero-order chi connectivity index (χ0) is 16.4. The number of hydrogen-bond donors (Lipinski definition) is 1. The molecule has 1 unspecified atom stereocenters. The van der Waals surface area contributed by atoms with Crippen molar-refractivity contribution in [2.24, 2.45) is 5.92 Å². The molecular formula is C19H26N4. The minimum absolute atomic E-state index is 0.733. The fourth-order valence-corrected chi connectivity index (χ4v) is 3.49. The Morgan fingerprint density at radius 1 is 1.09 bits per heavy atom. The second kappa shape index (κ2) is 6.57. The van der Waals surface area contributed by atoms with Crippen molar-refractivity contribution in [3.8, 4) is 0 Å². The van der Waals surface area contributed by atoms with Crippen LogP contribution in [0.1, 0.15) is 36.5 Å². The first-order chi connectivity index (χ1) is 11.0. The lowest BCUT2D eigenvalue weighted by Crippen LogP contribution is -2.34. The van der Waals surface area contributed by atoms with Gasteiger partial charge >= 0.3 is 0 Å². The maximum atomic E-state index is 4.47. The van der Waals surface area contributed by atoms with Gasteiger partial charge in [-0.05, 0) is 50.7 Å². The number of piperidine rings is 1. The van der Waals surface area contributed by atoms with Crippen molar-refractivity contribution in [3.05, 3.63) is 41.2 Å². The maximum Gasteiger partial charge on any atom is 0.135 e. The molecule has 0 radical (unpaired) electrons. The normalized spacial score (nSPS) is 18.1. The summed E-state index contributed by atoms with van der Waals surface area (Å²) in [7, 11) is 0. The average molecular weight is 310 g/mol. The van der Waals surface area contributed by atoms with Crippen LogP contribution in [0.2, 0.25) is 0 Å². The minimum atomic E-state index is 0.733. The zero-order valence-electron chi connectivity index (χ0n) is 14.6. The van der Waals surface area contributed by atoms with E-state index in [2.05, 4.69) is 66.1 Å². The summed E-state index contributed by atoms with van der Waals surface area (Å²) >= 11 is 0. The van der Waals surface area contributed by atoms with Gasteiger partial charge in [-0.25, -0.2) is 9.97 Å². The van der Waals surface area contributed by atoms with Crippen LogP contribution in [0.25, 0.3) is 0 Å². The van der Waals surface area contributed by atoms with Crippen LogP contribution in [0.3, 0.4) is 0 Å². The van der Waals surface area contributed by atoms with Crippen molar-refractivity contribution in [3.63, 3.8) is 0 Å². The van der Waals surface area contributed by atoms with Gasteiger partial charge in [-0.3, -0.25) is 0 Å². The highest BCUT2D eigenvalue weighted by atomic mass is 15.2. The Labute approximate surface area is 139 Å². The smallest absolute Gasteiger partial charge is 0.135 e. The van der Waals surface area contributed by atoms with Gasteiger partial charge in [0.1, 0.15) is 18.0 Å². The Kier molecular flexibility index (Phi) is 4.51. The van der Waals surface area contributed by atoms with Crippen LogP contribution in [0.15, 0.2) is 24.5 Å². The van der Waals surface area contributed by atoms with E-state index in [-0.39, 0.29) is 0 Å². The second-order valence-electron chi connectivity index (χ2n) is 6.85. The lowest BCUT2D eigenvalue weighted by atomic mass is 10.0. The van der Waals surface area contributed by atoms with Crippen molar-refractivity contribution in [1.29, 1.82) is 0 Å². The molecule has 4 heteroatoms. The van der Waals surface area contributed by atoms with Crippen LogP contribution in [-0.4, -0.2) is 23.1 Å². The molecule has 0 amide bonds. The standard InChI is InChI=1S/C19H26N4/c1-13-6-5-7-23(11-13)18-10-17(20-12-21-18)22-19-15(3)8-14(2)9-16(19)4/h8-10,12-13H,5-7,11H2,1-4H3,(H,20,21,22). The molecule has 1 fully saturated rings. The van der Waals surface area contributed by atoms with Crippen molar-refractivity contribution >= 4 is 17.3 Å². The number of hydrogen-bond acceptors (Lipinski definition) is 4. The topological polar surface area (TPSA) is 41.0 Å². The Hall–Kier alpha value is -2.10. The van der Waals surface area contributed by atoms with Crippen molar-refractivity contribution < 1.29 is 0 Å². The van der Waals surface area contributed by atoms with E-state index >= 15 is 0 Å². The van der Waals surface area contributed by atoms with Gasteiger partial charge in [0.15, 0.2) is 0 Å². The molecule has 0 spiro atoms. The molecule has 0 saturated carbocycles. The Morgan fingerprint density at radius 3 is 2.52 bits per heavy atom. The van der Waals surface area contributed by atoms with Gasteiger partial charge < -0.3 is 10.2 Å². The number of nitrogens with zero attached hydrogens (tertiary/aromatic N) is 3. The summed E-state index contributed by atoms with van der Waals surface area (Å²) < 4.78 is 0. The number of aryl methyl sites for hydroxylation is 3. The van der Waals surface area contributed by atoms with Crippen molar-refractivity contribution in [2.75, 3.05) is 23.3 Å². The molecule has 0 bridgehead atoms.